The van der Waals surface area contributed by atoms with Gasteiger partial charge in [-0.3, -0.25) is 14.4 Å². The van der Waals surface area contributed by atoms with Gasteiger partial charge in [0.2, 0.25) is 5.91 Å². The lowest BCUT2D eigenvalue weighted by molar-refractivity contribution is -0.116. The lowest BCUT2D eigenvalue weighted by Crippen LogP contribution is -2.30. The van der Waals surface area contributed by atoms with Crippen molar-refractivity contribution < 1.29 is 14.4 Å². The van der Waals surface area contributed by atoms with Gasteiger partial charge < -0.3 is 20.9 Å². The van der Waals surface area contributed by atoms with Crippen LogP contribution in [0.15, 0.2) is 150 Å². The monoisotopic (exact) mass is 656 g/mol. The molecule has 6 rings (SSSR count). The van der Waals surface area contributed by atoms with Gasteiger partial charge in [-0.05, 0) is 77.2 Å². The number of rotatable bonds is 10. The van der Waals surface area contributed by atoms with E-state index in [0.29, 0.717) is 27.5 Å². The first-order chi connectivity index (χ1) is 22.9. The van der Waals surface area contributed by atoms with Crippen molar-refractivity contribution in [2.24, 2.45) is 0 Å². The van der Waals surface area contributed by atoms with Gasteiger partial charge in [0.1, 0.15) is 10.9 Å². The molecule has 7 nitrogen and oxygen atoms in total. The van der Waals surface area contributed by atoms with Gasteiger partial charge in [-0.1, -0.05) is 90.5 Å². The summed E-state index contributed by atoms with van der Waals surface area (Å²) in [5, 5.41) is 9.59. The molecule has 0 saturated heterocycles. The number of carbonyl (C=O) groups is 3. The SMILES string of the molecule is O=C(Nc1cccc(SC(C(=O)Nc2ccc3cc[nH]c3c2)c2ccccc2)c1)/C(=C\c1ccccc1Cl)NC(=O)c1ccccc1. The lowest BCUT2D eigenvalue weighted by Gasteiger charge is -2.18. The van der Waals surface area contributed by atoms with Crippen LogP contribution in [0, 0.1) is 0 Å². The lowest BCUT2D eigenvalue weighted by atomic mass is 10.1. The van der Waals surface area contributed by atoms with Crippen LogP contribution < -0.4 is 16.0 Å². The molecule has 0 spiro atoms. The molecular formula is C38H29ClN4O3S. The number of aromatic amines is 1. The number of hydrogen-bond acceptors (Lipinski definition) is 4. The van der Waals surface area contributed by atoms with Crippen molar-refractivity contribution in [3.05, 3.63) is 167 Å². The predicted octanol–water partition coefficient (Wildman–Crippen LogP) is 8.70. The molecule has 6 aromatic rings. The fraction of sp³-hybridized carbons (Fsp3) is 0.0263. The minimum Gasteiger partial charge on any atom is -0.361 e. The average molecular weight is 657 g/mol. The van der Waals surface area contributed by atoms with E-state index in [9.17, 15) is 14.4 Å². The minimum atomic E-state index is -0.581. The predicted molar refractivity (Wildman–Crippen MR) is 190 cm³/mol. The maximum absolute atomic E-state index is 13.7. The Morgan fingerprint density at radius 3 is 2.23 bits per heavy atom. The van der Waals surface area contributed by atoms with E-state index in [2.05, 4.69) is 20.9 Å². The number of aromatic nitrogens is 1. The van der Waals surface area contributed by atoms with Crippen LogP contribution in [0.3, 0.4) is 0 Å². The topological polar surface area (TPSA) is 103 Å². The van der Waals surface area contributed by atoms with Crippen LogP contribution >= 0.6 is 23.4 Å². The zero-order valence-corrected chi connectivity index (χ0v) is 26.5. The number of amides is 3. The summed E-state index contributed by atoms with van der Waals surface area (Å²) in [6, 6.07) is 40.1. The van der Waals surface area contributed by atoms with Crippen molar-refractivity contribution in [3.63, 3.8) is 0 Å². The largest absolute Gasteiger partial charge is 0.361 e. The average Bonchev–Trinajstić information content (AvgIpc) is 3.57. The van der Waals surface area contributed by atoms with E-state index >= 15 is 0 Å². The number of anilines is 2. The van der Waals surface area contributed by atoms with Crippen LogP contribution in [0.4, 0.5) is 11.4 Å². The van der Waals surface area contributed by atoms with Gasteiger partial charge in [0.05, 0.1) is 0 Å². The van der Waals surface area contributed by atoms with Gasteiger partial charge in [0.15, 0.2) is 0 Å². The number of carbonyl (C=O) groups excluding carboxylic acids is 3. The third-order valence-corrected chi connectivity index (χ3v) is 8.83. The number of H-pyrrole nitrogens is 1. The standard InChI is InChI=1S/C38H29ClN4O3S/c39-32-17-8-7-14-28(32)22-34(43-36(44)27-12-5-2-6-13-27)37(45)41-29-15-9-16-31(23-29)47-35(26-10-3-1-4-11-26)38(46)42-30-19-18-25-20-21-40-33(25)24-30/h1-24,35,40H,(H,41,45)(H,42,46)(H,43,44)/b34-22+. The Balaban J connectivity index is 1.23. The van der Waals surface area contributed by atoms with Crippen molar-refractivity contribution in [3.8, 4) is 0 Å². The first-order valence-corrected chi connectivity index (χ1v) is 16.0. The van der Waals surface area contributed by atoms with E-state index in [4.69, 9.17) is 11.6 Å². The number of thioether (sulfide) groups is 1. The summed E-state index contributed by atoms with van der Waals surface area (Å²) in [5.74, 6) is -1.15. The van der Waals surface area contributed by atoms with Gasteiger partial charge in [-0.25, -0.2) is 0 Å². The van der Waals surface area contributed by atoms with Gasteiger partial charge in [0, 0.05) is 38.6 Å². The summed E-state index contributed by atoms with van der Waals surface area (Å²) >= 11 is 7.74. The number of fused-ring (bicyclic) bond motifs is 1. The summed E-state index contributed by atoms with van der Waals surface area (Å²) in [6.45, 7) is 0. The summed E-state index contributed by atoms with van der Waals surface area (Å²) in [5.41, 5.74) is 3.93. The highest BCUT2D eigenvalue weighted by atomic mass is 35.5. The highest BCUT2D eigenvalue weighted by molar-refractivity contribution is 8.00. The maximum atomic E-state index is 13.7. The molecule has 1 unspecified atom stereocenters. The van der Waals surface area contributed by atoms with Crippen LogP contribution in [0.5, 0.6) is 0 Å². The molecule has 1 atom stereocenters. The van der Waals surface area contributed by atoms with E-state index in [1.165, 1.54) is 17.8 Å². The molecule has 0 radical (unpaired) electrons. The molecule has 0 aliphatic heterocycles. The van der Waals surface area contributed by atoms with Crippen LogP contribution in [-0.4, -0.2) is 22.7 Å². The second kappa shape index (κ2) is 14.7. The Bertz CT molecular complexity index is 2080. The molecule has 0 bridgehead atoms. The number of nitrogens with one attached hydrogen (secondary N) is 4. The van der Waals surface area contributed by atoms with Crippen molar-refractivity contribution in [1.29, 1.82) is 0 Å². The molecule has 0 fully saturated rings. The highest BCUT2D eigenvalue weighted by Gasteiger charge is 2.23. The van der Waals surface area contributed by atoms with Crippen LogP contribution in [0.25, 0.3) is 17.0 Å². The molecule has 4 N–H and O–H groups in total. The van der Waals surface area contributed by atoms with Crippen molar-refractivity contribution in [2.75, 3.05) is 10.6 Å². The molecule has 5 aromatic carbocycles. The molecule has 232 valence electrons. The van der Waals surface area contributed by atoms with Gasteiger partial charge in [-0.15, -0.1) is 11.8 Å². The van der Waals surface area contributed by atoms with Crippen molar-refractivity contribution >= 4 is 69.4 Å². The third kappa shape index (κ3) is 7.99. The smallest absolute Gasteiger partial charge is 0.272 e. The Kier molecular flexibility index (Phi) is 9.81. The van der Waals surface area contributed by atoms with Gasteiger partial charge in [0.25, 0.3) is 11.8 Å². The van der Waals surface area contributed by atoms with Crippen LogP contribution in [-0.2, 0) is 9.59 Å². The molecule has 47 heavy (non-hydrogen) atoms. The molecule has 3 amide bonds. The Hall–Kier alpha value is -5.57. The third-order valence-electron chi connectivity index (χ3n) is 7.24. The zero-order valence-electron chi connectivity index (χ0n) is 24.9. The van der Waals surface area contributed by atoms with E-state index in [1.54, 1.807) is 66.7 Å². The highest BCUT2D eigenvalue weighted by Crippen LogP contribution is 2.37. The maximum Gasteiger partial charge on any atom is 0.272 e. The van der Waals surface area contributed by atoms with Gasteiger partial charge >= 0.3 is 0 Å². The second-order valence-corrected chi connectivity index (χ2v) is 12.1. The first-order valence-electron chi connectivity index (χ1n) is 14.8. The second-order valence-electron chi connectivity index (χ2n) is 10.6. The van der Waals surface area contributed by atoms with Crippen molar-refractivity contribution in [1.82, 2.24) is 10.3 Å². The van der Waals surface area contributed by atoms with Gasteiger partial charge in [-0.2, -0.15) is 0 Å². The normalized spacial score (nSPS) is 11.9. The van der Waals surface area contributed by atoms with Crippen LogP contribution in [0.2, 0.25) is 5.02 Å². The summed E-state index contributed by atoms with van der Waals surface area (Å²) < 4.78 is 0. The van der Waals surface area contributed by atoms with E-state index in [-0.39, 0.29) is 11.6 Å². The quantitative estimate of drug-likeness (QED) is 0.0875. The molecule has 1 heterocycles. The fourth-order valence-electron chi connectivity index (χ4n) is 4.91. The molecule has 1 aromatic heterocycles. The Morgan fingerprint density at radius 1 is 0.723 bits per heavy atom. The molecule has 0 saturated carbocycles. The fourth-order valence-corrected chi connectivity index (χ4v) is 6.18. The number of halogens is 1. The van der Waals surface area contributed by atoms with E-state index in [0.717, 1.165) is 21.4 Å². The Morgan fingerprint density at radius 2 is 1.45 bits per heavy atom. The summed E-state index contributed by atoms with van der Waals surface area (Å²) in [6.07, 6.45) is 3.40. The molecule has 0 aliphatic carbocycles. The molecular weight excluding hydrogens is 628 g/mol. The van der Waals surface area contributed by atoms with E-state index in [1.807, 2.05) is 72.9 Å². The first kappa shape index (κ1) is 31.4. The zero-order chi connectivity index (χ0) is 32.6. The van der Waals surface area contributed by atoms with E-state index < -0.39 is 17.1 Å². The summed E-state index contributed by atoms with van der Waals surface area (Å²) in [4.78, 5) is 44.3. The number of benzene rings is 5. The molecule has 9 heteroatoms. The molecule has 0 aliphatic rings. The number of hydrogen-bond donors (Lipinski definition) is 4. The minimum absolute atomic E-state index is 0.0191. The van der Waals surface area contributed by atoms with Crippen molar-refractivity contribution in [2.45, 2.75) is 10.1 Å². The summed E-state index contributed by atoms with van der Waals surface area (Å²) in [7, 11) is 0. The van der Waals surface area contributed by atoms with Crippen LogP contribution in [0.1, 0.15) is 26.7 Å². The Labute approximate surface area is 281 Å².